The van der Waals surface area contributed by atoms with Gasteiger partial charge in [-0.2, -0.15) is 0 Å². The molecule has 0 saturated carbocycles. The molecule has 4 N–H and O–H groups in total. The van der Waals surface area contributed by atoms with Crippen LogP contribution < -0.4 is 0 Å². The molecule has 0 spiro atoms. The lowest BCUT2D eigenvalue weighted by atomic mass is 10.2. The van der Waals surface area contributed by atoms with Gasteiger partial charge in [0.15, 0.2) is 0 Å². The summed E-state index contributed by atoms with van der Waals surface area (Å²) in [6.07, 6.45) is 0. The molecule has 36 heavy (non-hydrogen) atoms. The molecule has 0 aliphatic carbocycles. The molecule has 4 aromatic carbocycles. The van der Waals surface area contributed by atoms with Crippen LogP contribution in [0.3, 0.4) is 0 Å². The van der Waals surface area contributed by atoms with Gasteiger partial charge in [-0.05, 0) is 60.7 Å². The third-order valence-corrected chi connectivity index (χ3v) is 7.64. The zero-order chi connectivity index (χ0) is 25.4. The van der Waals surface area contributed by atoms with Crippen molar-refractivity contribution < 1.29 is 20.4 Å². The monoisotopic (exact) mass is 554 g/mol. The van der Waals surface area contributed by atoms with E-state index in [0.29, 0.717) is 21.2 Å². The lowest BCUT2D eigenvalue weighted by Gasteiger charge is -1.99. The Hall–Kier alpha value is -3.56. The first-order valence-corrected chi connectivity index (χ1v) is 12.8. The fourth-order valence-electron chi connectivity index (χ4n) is 3.49. The van der Waals surface area contributed by atoms with E-state index in [1.807, 2.05) is 24.3 Å². The standard InChI is InChI=1S/2C13H8ClNO2S/c2*14-8-1-2-12-11(5-8)15-13(18-12)7-3-9(16)6-10(17)4-7/h2*1-6,16-17H. The Balaban J connectivity index is 0.000000148. The van der Waals surface area contributed by atoms with Crippen LogP contribution in [-0.2, 0) is 0 Å². The van der Waals surface area contributed by atoms with E-state index >= 15 is 0 Å². The maximum atomic E-state index is 9.47. The Bertz CT molecular complexity index is 1560. The predicted octanol–water partition coefficient (Wildman–Crippen LogP) is 8.06. The molecular formula is C26H16Cl2N2O4S2. The Morgan fingerprint density at radius 3 is 1.22 bits per heavy atom. The Morgan fingerprint density at radius 1 is 0.500 bits per heavy atom. The third-order valence-electron chi connectivity index (χ3n) is 5.00. The molecule has 6 aromatic rings. The molecule has 0 aliphatic heterocycles. The number of rotatable bonds is 2. The van der Waals surface area contributed by atoms with Gasteiger partial charge in [0.25, 0.3) is 0 Å². The van der Waals surface area contributed by atoms with Gasteiger partial charge in [-0.25, -0.2) is 9.97 Å². The van der Waals surface area contributed by atoms with Gasteiger partial charge in [0.05, 0.1) is 20.4 Å². The van der Waals surface area contributed by atoms with Gasteiger partial charge in [0.1, 0.15) is 33.0 Å². The van der Waals surface area contributed by atoms with Crippen LogP contribution in [0.5, 0.6) is 23.0 Å². The van der Waals surface area contributed by atoms with Crippen molar-refractivity contribution in [1.82, 2.24) is 9.97 Å². The topological polar surface area (TPSA) is 107 Å². The summed E-state index contributed by atoms with van der Waals surface area (Å²) in [5.41, 5.74) is 2.99. The molecule has 10 heteroatoms. The molecule has 0 atom stereocenters. The summed E-state index contributed by atoms with van der Waals surface area (Å²) in [6, 6.07) is 19.9. The Kier molecular flexibility index (Phi) is 6.59. The second-order valence-corrected chi connectivity index (χ2v) is 10.7. The second kappa shape index (κ2) is 9.83. The number of phenols is 4. The summed E-state index contributed by atoms with van der Waals surface area (Å²) in [7, 11) is 0. The molecule has 2 aromatic heterocycles. The summed E-state index contributed by atoms with van der Waals surface area (Å²) in [6.45, 7) is 0. The van der Waals surface area contributed by atoms with Gasteiger partial charge >= 0.3 is 0 Å². The lowest BCUT2D eigenvalue weighted by molar-refractivity contribution is 0.450. The number of aromatic nitrogens is 2. The van der Waals surface area contributed by atoms with Gasteiger partial charge in [-0.1, -0.05) is 23.2 Å². The highest BCUT2D eigenvalue weighted by Gasteiger charge is 2.10. The fourth-order valence-corrected chi connectivity index (χ4v) is 5.68. The fraction of sp³-hybridized carbons (Fsp3) is 0. The van der Waals surface area contributed by atoms with Crippen molar-refractivity contribution in [1.29, 1.82) is 0 Å². The SMILES string of the molecule is Oc1cc(O)cc(-c2nc3cc(Cl)ccc3s2)c1.Oc1cc(O)cc(-c2nc3cc(Cl)ccc3s2)c1. The van der Waals surface area contributed by atoms with E-state index in [0.717, 1.165) is 30.4 Å². The smallest absolute Gasteiger partial charge is 0.124 e. The molecule has 6 nitrogen and oxygen atoms in total. The van der Waals surface area contributed by atoms with E-state index in [9.17, 15) is 20.4 Å². The summed E-state index contributed by atoms with van der Waals surface area (Å²) in [5.74, 6) is 0.0640. The molecule has 0 radical (unpaired) electrons. The van der Waals surface area contributed by atoms with Gasteiger partial charge in [-0.3, -0.25) is 0 Å². The Labute approximate surface area is 222 Å². The summed E-state index contributed by atoms with van der Waals surface area (Å²) < 4.78 is 2.02. The van der Waals surface area contributed by atoms with Crippen LogP contribution in [0.1, 0.15) is 0 Å². The average molecular weight is 555 g/mol. The van der Waals surface area contributed by atoms with Crippen molar-refractivity contribution in [2.24, 2.45) is 0 Å². The highest BCUT2D eigenvalue weighted by Crippen LogP contribution is 2.36. The zero-order valence-corrected chi connectivity index (χ0v) is 21.3. The van der Waals surface area contributed by atoms with Crippen LogP contribution in [0, 0.1) is 0 Å². The molecule has 0 amide bonds. The summed E-state index contributed by atoms with van der Waals surface area (Å²) in [5, 5.41) is 40.6. The number of benzene rings is 4. The first-order valence-electron chi connectivity index (χ1n) is 10.4. The first-order chi connectivity index (χ1) is 17.2. The quantitative estimate of drug-likeness (QED) is 0.172. The summed E-state index contributed by atoms with van der Waals surface area (Å²) in [4.78, 5) is 8.88. The van der Waals surface area contributed by atoms with Crippen molar-refractivity contribution in [3.63, 3.8) is 0 Å². The number of halogens is 2. The van der Waals surface area contributed by atoms with Crippen molar-refractivity contribution >= 4 is 66.3 Å². The van der Waals surface area contributed by atoms with Crippen LogP contribution >= 0.6 is 45.9 Å². The highest BCUT2D eigenvalue weighted by atomic mass is 35.5. The Morgan fingerprint density at radius 2 is 0.861 bits per heavy atom. The van der Waals surface area contributed by atoms with Gasteiger partial charge in [0, 0.05) is 33.3 Å². The minimum atomic E-state index is 0.0160. The molecule has 0 bridgehead atoms. The van der Waals surface area contributed by atoms with E-state index in [2.05, 4.69) is 9.97 Å². The number of fused-ring (bicyclic) bond motifs is 2. The second-order valence-electron chi connectivity index (χ2n) is 7.74. The van der Waals surface area contributed by atoms with Crippen molar-refractivity contribution in [2.75, 3.05) is 0 Å². The van der Waals surface area contributed by atoms with E-state index in [1.54, 1.807) is 36.4 Å². The minimum Gasteiger partial charge on any atom is -0.508 e. The number of hydrogen-bond donors (Lipinski definition) is 4. The normalized spacial score (nSPS) is 10.9. The van der Waals surface area contributed by atoms with E-state index in [4.69, 9.17) is 23.2 Å². The summed E-state index contributed by atoms with van der Waals surface area (Å²) >= 11 is 14.8. The van der Waals surface area contributed by atoms with Crippen molar-refractivity contribution in [3.8, 4) is 44.1 Å². The number of thiazole rings is 2. The largest absolute Gasteiger partial charge is 0.508 e. The molecule has 180 valence electrons. The third kappa shape index (κ3) is 5.32. The molecule has 0 fully saturated rings. The average Bonchev–Trinajstić information content (AvgIpc) is 3.42. The molecule has 0 saturated heterocycles. The number of phenolic OH excluding ortho intramolecular Hbond substituents is 4. The molecule has 2 heterocycles. The molecule has 0 aliphatic rings. The molecule has 6 rings (SSSR count). The van der Waals surface area contributed by atoms with E-state index in [1.165, 1.54) is 34.8 Å². The van der Waals surface area contributed by atoms with Crippen molar-refractivity contribution in [2.45, 2.75) is 0 Å². The van der Waals surface area contributed by atoms with Crippen LogP contribution in [0.2, 0.25) is 10.0 Å². The lowest BCUT2D eigenvalue weighted by Crippen LogP contribution is -1.76. The maximum Gasteiger partial charge on any atom is 0.124 e. The van der Waals surface area contributed by atoms with Crippen LogP contribution in [0.25, 0.3) is 41.6 Å². The van der Waals surface area contributed by atoms with Crippen LogP contribution in [-0.4, -0.2) is 30.4 Å². The van der Waals surface area contributed by atoms with E-state index < -0.39 is 0 Å². The molecular weight excluding hydrogens is 539 g/mol. The van der Waals surface area contributed by atoms with Crippen LogP contribution in [0.15, 0.2) is 72.8 Å². The highest BCUT2D eigenvalue weighted by molar-refractivity contribution is 7.22. The predicted molar refractivity (Wildman–Crippen MR) is 147 cm³/mol. The maximum absolute atomic E-state index is 9.47. The van der Waals surface area contributed by atoms with Gasteiger partial charge in [-0.15, -0.1) is 22.7 Å². The van der Waals surface area contributed by atoms with Crippen molar-refractivity contribution in [3.05, 3.63) is 82.8 Å². The van der Waals surface area contributed by atoms with Gasteiger partial charge in [0.2, 0.25) is 0 Å². The van der Waals surface area contributed by atoms with Gasteiger partial charge < -0.3 is 20.4 Å². The first kappa shape index (κ1) is 24.1. The zero-order valence-electron chi connectivity index (χ0n) is 18.2. The number of aromatic hydroxyl groups is 4. The number of nitrogens with zero attached hydrogens (tertiary/aromatic N) is 2. The molecule has 0 unspecified atom stereocenters. The van der Waals surface area contributed by atoms with E-state index in [-0.39, 0.29) is 23.0 Å². The van der Waals surface area contributed by atoms with Crippen LogP contribution in [0.4, 0.5) is 0 Å². The minimum absolute atomic E-state index is 0.0160. The number of hydrogen-bond acceptors (Lipinski definition) is 8.